The monoisotopic (exact) mass is 257 g/mol. The molecule has 19 heavy (non-hydrogen) atoms. The van der Waals surface area contributed by atoms with E-state index in [1.54, 1.807) is 6.20 Å². The molecule has 0 aliphatic carbocycles. The lowest BCUT2D eigenvalue weighted by Gasteiger charge is -2.02. The lowest BCUT2D eigenvalue weighted by Crippen LogP contribution is -2.05. The van der Waals surface area contributed by atoms with Crippen molar-refractivity contribution in [2.75, 3.05) is 6.54 Å². The maximum absolute atomic E-state index is 12.1. The molecule has 0 bridgehead atoms. The number of ketones is 1. The topological polar surface area (TPSA) is 60.9 Å². The quantitative estimate of drug-likeness (QED) is 0.803. The number of carbonyl (C=O) groups excluding carboxylic acids is 1. The van der Waals surface area contributed by atoms with Gasteiger partial charge in [-0.25, -0.2) is 0 Å². The van der Waals surface area contributed by atoms with Gasteiger partial charge in [0.2, 0.25) is 0 Å². The van der Waals surface area contributed by atoms with Gasteiger partial charge in [0.1, 0.15) is 0 Å². The molecule has 0 fully saturated rings. The van der Waals surface area contributed by atoms with Crippen molar-refractivity contribution in [2.45, 2.75) is 26.3 Å². The zero-order valence-electron chi connectivity index (χ0n) is 11.2. The first kappa shape index (κ1) is 13.5. The van der Waals surface area contributed by atoms with Crippen LogP contribution in [0.3, 0.4) is 0 Å². The van der Waals surface area contributed by atoms with Crippen molar-refractivity contribution in [1.29, 1.82) is 0 Å². The summed E-state index contributed by atoms with van der Waals surface area (Å²) in [6.07, 6.45) is 4.92. The highest BCUT2D eigenvalue weighted by Crippen LogP contribution is 2.09. The molecule has 2 aromatic rings. The molecule has 0 saturated carbocycles. The van der Waals surface area contributed by atoms with Gasteiger partial charge in [-0.1, -0.05) is 24.3 Å². The van der Waals surface area contributed by atoms with E-state index in [0.29, 0.717) is 13.0 Å². The molecule has 4 nitrogen and oxygen atoms in total. The smallest absolute Gasteiger partial charge is 0.167 e. The van der Waals surface area contributed by atoms with E-state index in [0.717, 1.165) is 29.7 Å². The zero-order valence-corrected chi connectivity index (χ0v) is 11.2. The number of Topliss-reactive ketones (excluding diaryl/α,β-unsaturated/α-hetero) is 1. The van der Waals surface area contributed by atoms with Crippen LogP contribution in [-0.4, -0.2) is 22.1 Å². The molecule has 0 radical (unpaired) electrons. The Hall–Kier alpha value is -1.94. The molecule has 0 aliphatic rings. The van der Waals surface area contributed by atoms with Gasteiger partial charge in [-0.2, -0.15) is 5.10 Å². The van der Waals surface area contributed by atoms with E-state index in [1.165, 1.54) is 0 Å². The van der Waals surface area contributed by atoms with Crippen LogP contribution in [0.2, 0.25) is 0 Å². The van der Waals surface area contributed by atoms with E-state index < -0.39 is 0 Å². The molecule has 2 rings (SSSR count). The maximum atomic E-state index is 12.1. The van der Waals surface area contributed by atoms with Gasteiger partial charge in [0.25, 0.3) is 0 Å². The number of aromatic nitrogens is 2. The van der Waals surface area contributed by atoms with Crippen LogP contribution in [0.15, 0.2) is 36.7 Å². The minimum Gasteiger partial charge on any atom is -0.330 e. The van der Waals surface area contributed by atoms with Crippen molar-refractivity contribution in [3.05, 3.63) is 53.3 Å². The normalized spacial score (nSPS) is 10.6. The Bertz CT molecular complexity index is 543. The highest BCUT2D eigenvalue weighted by Gasteiger charge is 2.08. The predicted molar refractivity (Wildman–Crippen MR) is 75.1 cm³/mol. The second kappa shape index (κ2) is 6.29. The van der Waals surface area contributed by atoms with Crippen LogP contribution in [-0.2, 0) is 19.4 Å². The third-order valence-corrected chi connectivity index (χ3v) is 3.08. The summed E-state index contributed by atoms with van der Waals surface area (Å²) in [5.74, 6) is 0.120. The Morgan fingerprint density at radius 3 is 2.58 bits per heavy atom. The maximum Gasteiger partial charge on any atom is 0.167 e. The molecule has 4 heteroatoms. The molecule has 1 aromatic carbocycles. The first-order valence-electron chi connectivity index (χ1n) is 6.56. The lowest BCUT2D eigenvalue weighted by atomic mass is 10.0. The van der Waals surface area contributed by atoms with Gasteiger partial charge in [0.15, 0.2) is 5.78 Å². The number of rotatable bonds is 6. The Morgan fingerprint density at radius 2 is 2.00 bits per heavy atom. The van der Waals surface area contributed by atoms with Crippen LogP contribution >= 0.6 is 0 Å². The number of carbonyl (C=O) groups is 1. The Kier molecular flexibility index (Phi) is 4.47. The number of aryl methyl sites for hydroxylation is 1. The summed E-state index contributed by atoms with van der Waals surface area (Å²) in [6.45, 7) is 3.47. The van der Waals surface area contributed by atoms with Gasteiger partial charge in [-0.3, -0.25) is 9.48 Å². The zero-order chi connectivity index (χ0) is 13.7. The van der Waals surface area contributed by atoms with Crippen molar-refractivity contribution in [3.8, 4) is 0 Å². The molecule has 0 saturated heterocycles. The molecular formula is C15H19N3O. The molecule has 0 aliphatic heterocycles. The standard InChI is InChI=1S/C15H19N3O/c1-2-18-11-13(10-17-18)9-15(19)14-5-3-12(4-6-14)7-8-16/h3-6,10-11H,2,7-9,16H2,1H3. The van der Waals surface area contributed by atoms with E-state index in [-0.39, 0.29) is 5.78 Å². The van der Waals surface area contributed by atoms with Crippen LogP contribution in [0.5, 0.6) is 0 Å². The number of hydrogen-bond donors (Lipinski definition) is 1. The molecule has 0 unspecified atom stereocenters. The van der Waals surface area contributed by atoms with E-state index in [1.807, 2.05) is 42.1 Å². The largest absolute Gasteiger partial charge is 0.330 e. The predicted octanol–water partition coefficient (Wildman–Crippen LogP) is 1.83. The molecule has 100 valence electrons. The number of nitrogens with zero attached hydrogens (tertiary/aromatic N) is 2. The SMILES string of the molecule is CCn1cc(CC(=O)c2ccc(CCN)cc2)cn1. The lowest BCUT2D eigenvalue weighted by molar-refractivity contribution is 0.0993. The third-order valence-electron chi connectivity index (χ3n) is 3.08. The highest BCUT2D eigenvalue weighted by atomic mass is 16.1. The molecular weight excluding hydrogens is 238 g/mol. The number of benzene rings is 1. The van der Waals surface area contributed by atoms with Crippen LogP contribution in [0.25, 0.3) is 0 Å². The second-order valence-corrected chi connectivity index (χ2v) is 4.54. The fourth-order valence-electron chi connectivity index (χ4n) is 1.98. The van der Waals surface area contributed by atoms with Gasteiger partial charge in [0, 0.05) is 24.7 Å². The van der Waals surface area contributed by atoms with Crippen molar-refractivity contribution < 1.29 is 4.79 Å². The molecule has 1 heterocycles. The Labute approximate surface area is 113 Å². The fraction of sp³-hybridized carbons (Fsp3) is 0.333. The van der Waals surface area contributed by atoms with Crippen molar-refractivity contribution >= 4 is 5.78 Å². The minimum atomic E-state index is 0.120. The summed E-state index contributed by atoms with van der Waals surface area (Å²) in [5, 5.41) is 4.17. The average Bonchev–Trinajstić information content (AvgIpc) is 2.87. The van der Waals surface area contributed by atoms with Crippen molar-refractivity contribution in [1.82, 2.24) is 9.78 Å². The first-order valence-corrected chi connectivity index (χ1v) is 6.56. The molecule has 0 spiro atoms. The van der Waals surface area contributed by atoms with Crippen LogP contribution in [0.4, 0.5) is 0 Å². The molecule has 2 N–H and O–H groups in total. The molecule has 0 atom stereocenters. The van der Waals surface area contributed by atoms with Gasteiger partial charge in [-0.15, -0.1) is 0 Å². The van der Waals surface area contributed by atoms with Gasteiger partial charge < -0.3 is 5.73 Å². The third kappa shape index (κ3) is 3.51. The summed E-state index contributed by atoms with van der Waals surface area (Å²) in [4.78, 5) is 12.1. The van der Waals surface area contributed by atoms with E-state index in [2.05, 4.69) is 5.10 Å². The summed E-state index contributed by atoms with van der Waals surface area (Å²) in [5.41, 5.74) is 8.36. The summed E-state index contributed by atoms with van der Waals surface area (Å²) in [7, 11) is 0. The summed E-state index contributed by atoms with van der Waals surface area (Å²) < 4.78 is 1.83. The van der Waals surface area contributed by atoms with E-state index in [9.17, 15) is 4.79 Å². The number of nitrogens with two attached hydrogens (primary N) is 1. The van der Waals surface area contributed by atoms with Gasteiger partial charge in [-0.05, 0) is 31.0 Å². The summed E-state index contributed by atoms with van der Waals surface area (Å²) in [6, 6.07) is 7.68. The van der Waals surface area contributed by atoms with Crippen LogP contribution in [0.1, 0.15) is 28.4 Å². The minimum absolute atomic E-state index is 0.120. The molecule has 0 amide bonds. The van der Waals surface area contributed by atoms with Gasteiger partial charge >= 0.3 is 0 Å². The summed E-state index contributed by atoms with van der Waals surface area (Å²) >= 11 is 0. The van der Waals surface area contributed by atoms with E-state index >= 15 is 0 Å². The highest BCUT2D eigenvalue weighted by molar-refractivity contribution is 5.97. The first-order chi connectivity index (χ1) is 9.22. The second-order valence-electron chi connectivity index (χ2n) is 4.54. The molecule has 1 aromatic heterocycles. The Morgan fingerprint density at radius 1 is 1.26 bits per heavy atom. The van der Waals surface area contributed by atoms with Gasteiger partial charge in [0.05, 0.1) is 6.20 Å². The Balaban J connectivity index is 2.02. The van der Waals surface area contributed by atoms with Crippen molar-refractivity contribution in [2.24, 2.45) is 5.73 Å². The average molecular weight is 257 g/mol. The van der Waals surface area contributed by atoms with E-state index in [4.69, 9.17) is 5.73 Å². The fourth-order valence-corrected chi connectivity index (χ4v) is 1.98. The van der Waals surface area contributed by atoms with Crippen LogP contribution < -0.4 is 5.73 Å². The van der Waals surface area contributed by atoms with Crippen LogP contribution in [0, 0.1) is 0 Å². The van der Waals surface area contributed by atoms with Crippen molar-refractivity contribution in [3.63, 3.8) is 0 Å². The number of hydrogen-bond acceptors (Lipinski definition) is 3.